The molecular formula is C26H32O5P2. The highest BCUT2D eigenvalue weighted by molar-refractivity contribution is 7.55. The lowest BCUT2D eigenvalue weighted by atomic mass is 9.80. The predicted octanol–water partition coefficient (Wildman–Crippen LogP) is 8.28. The maximum Gasteiger partial charge on any atom is 0.471 e. The summed E-state index contributed by atoms with van der Waals surface area (Å²) in [6.45, 7) is 13.0. The summed E-state index contributed by atoms with van der Waals surface area (Å²) in [7, 11) is -4.27. The molecule has 0 saturated heterocycles. The van der Waals surface area contributed by atoms with Gasteiger partial charge in [-0.2, -0.15) is 0 Å². The van der Waals surface area contributed by atoms with Gasteiger partial charge < -0.3 is 18.5 Å². The van der Waals surface area contributed by atoms with Crippen molar-refractivity contribution in [3.63, 3.8) is 0 Å². The van der Waals surface area contributed by atoms with Crippen LogP contribution in [0.25, 0.3) is 0 Å². The molecule has 0 aliphatic heterocycles. The van der Waals surface area contributed by atoms with Gasteiger partial charge in [-0.05, 0) is 46.7 Å². The summed E-state index contributed by atoms with van der Waals surface area (Å²) < 4.78 is 23.5. The van der Waals surface area contributed by atoms with E-state index in [9.17, 15) is 4.89 Å². The van der Waals surface area contributed by atoms with Crippen LogP contribution in [0.3, 0.4) is 0 Å². The molecule has 2 atom stereocenters. The van der Waals surface area contributed by atoms with E-state index in [1.165, 1.54) is 5.56 Å². The minimum Gasteiger partial charge on any atom is -0.427 e. The molecule has 0 spiro atoms. The van der Waals surface area contributed by atoms with Crippen LogP contribution < -0.4 is 13.6 Å². The molecule has 5 nitrogen and oxygen atoms in total. The van der Waals surface area contributed by atoms with Gasteiger partial charge in [-0.1, -0.05) is 90.1 Å². The fourth-order valence-electron chi connectivity index (χ4n) is 3.01. The molecule has 0 aliphatic carbocycles. The Morgan fingerprint density at radius 2 is 1.18 bits per heavy atom. The maximum atomic E-state index is 10.5. The van der Waals surface area contributed by atoms with Gasteiger partial charge in [-0.3, -0.25) is 0 Å². The fraction of sp³-hybridized carbons (Fsp3) is 0.308. The van der Waals surface area contributed by atoms with Crippen LogP contribution in [-0.4, -0.2) is 4.89 Å². The lowest BCUT2D eigenvalue weighted by Gasteiger charge is -2.28. The number of para-hydroxylation sites is 2. The Morgan fingerprint density at radius 3 is 1.70 bits per heavy atom. The number of hydrogen-bond acceptors (Lipinski definition) is 5. The van der Waals surface area contributed by atoms with E-state index in [4.69, 9.17) is 17.9 Å². The molecule has 33 heavy (non-hydrogen) atoms. The zero-order valence-electron chi connectivity index (χ0n) is 20.0. The Balaban J connectivity index is 1.87. The summed E-state index contributed by atoms with van der Waals surface area (Å²) in [6.07, 6.45) is 0. The normalized spacial score (nSPS) is 13.8. The lowest BCUT2D eigenvalue weighted by molar-refractivity contribution is 0.335. The summed E-state index contributed by atoms with van der Waals surface area (Å²) in [5, 5.41) is 0. The van der Waals surface area contributed by atoms with E-state index in [1.54, 1.807) is 12.1 Å². The molecule has 0 fully saturated rings. The quantitative estimate of drug-likeness (QED) is 0.325. The van der Waals surface area contributed by atoms with Gasteiger partial charge in [-0.25, -0.2) is 4.31 Å². The number of rotatable bonds is 8. The van der Waals surface area contributed by atoms with E-state index in [1.807, 2.05) is 54.6 Å². The molecule has 0 aliphatic rings. The van der Waals surface area contributed by atoms with Crippen LogP contribution in [0, 0.1) is 0 Å². The summed E-state index contributed by atoms with van der Waals surface area (Å²) in [4.78, 5) is 10.5. The minimum atomic E-state index is -2.27. The van der Waals surface area contributed by atoms with Crippen molar-refractivity contribution < 1.29 is 22.8 Å². The van der Waals surface area contributed by atoms with Crippen molar-refractivity contribution in [3.8, 4) is 17.2 Å². The SMILES string of the molecule is CC(C)(C)c1ccc(OP(Oc2ccccc2)OP(O)Oc2ccccc2)c(C(C)(C)C)c1. The Hall–Kier alpha value is -2.16. The zero-order valence-corrected chi connectivity index (χ0v) is 21.8. The van der Waals surface area contributed by atoms with Crippen LogP contribution >= 0.6 is 17.2 Å². The van der Waals surface area contributed by atoms with E-state index in [-0.39, 0.29) is 10.8 Å². The number of benzene rings is 3. The van der Waals surface area contributed by atoms with Gasteiger partial charge in [0.15, 0.2) is 0 Å². The van der Waals surface area contributed by atoms with E-state index >= 15 is 0 Å². The molecule has 3 aromatic carbocycles. The third-order valence-corrected chi connectivity index (χ3v) is 6.98. The first-order valence-corrected chi connectivity index (χ1v) is 13.0. The van der Waals surface area contributed by atoms with Gasteiger partial charge in [0.1, 0.15) is 17.2 Å². The molecule has 0 aromatic heterocycles. The van der Waals surface area contributed by atoms with Crippen LogP contribution in [0.15, 0.2) is 78.9 Å². The Kier molecular flexibility index (Phi) is 8.37. The summed E-state index contributed by atoms with van der Waals surface area (Å²) >= 11 is 0. The van der Waals surface area contributed by atoms with Crippen molar-refractivity contribution in [2.75, 3.05) is 0 Å². The van der Waals surface area contributed by atoms with E-state index in [0.717, 1.165) is 5.56 Å². The molecule has 7 heteroatoms. The average Bonchev–Trinajstić information content (AvgIpc) is 2.74. The Morgan fingerprint density at radius 1 is 0.636 bits per heavy atom. The highest BCUT2D eigenvalue weighted by Crippen LogP contribution is 2.54. The van der Waals surface area contributed by atoms with E-state index < -0.39 is 17.2 Å². The van der Waals surface area contributed by atoms with Gasteiger partial charge in [-0.15, -0.1) is 0 Å². The third kappa shape index (κ3) is 7.69. The van der Waals surface area contributed by atoms with Crippen molar-refractivity contribution >= 4 is 17.2 Å². The minimum absolute atomic E-state index is 0.00322. The topological polar surface area (TPSA) is 57.2 Å². The second kappa shape index (κ2) is 10.8. The highest BCUT2D eigenvalue weighted by Gasteiger charge is 2.29. The first kappa shape index (κ1) is 25.5. The molecule has 176 valence electrons. The first-order chi connectivity index (χ1) is 15.5. The van der Waals surface area contributed by atoms with Crippen molar-refractivity contribution in [1.29, 1.82) is 0 Å². The van der Waals surface area contributed by atoms with Crippen LogP contribution in [0.5, 0.6) is 17.2 Å². The molecule has 0 bridgehead atoms. The molecular weight excluding hydrogens is 454 g/mol. The van der Waals surface area contributed by atoms with Crippen molar-refractivity contribution in [3.05, 3.63) is 90.0 Å². The molecule has 1 N–H and O–H groups in total. The van der Waals surface area contributed by atoms with Gasteiger partial charge in [0.05, 0.1) is 0 Å². The monoisotopic (exact) mass is 486 g/mol. The second-order valence-corrected chi connectivity index (χ2v) is 11.8. The van der Waals surface area contributed by atoms with Crippen LogP contribution in [0.1, 0.15) is 52.7 Å². The third-order valence-electron chi connectivity index (χ3n) is 4.81. The van der Waals surface area contributed by atoms with Gasteiger partial charge in [0.2, 0.25) is 0 Å². The largest absolute Gasteiger partial charge is 0.471 e. The average molecular weight is 486 g/mol. The predicted molar refractivity (Wildman–Crippen MR) is 136 cm³/mol. The van der Waals surface area contributed by atoms with E-state index in [2.05, 4.69) is 53.7 Å². The summed E-state index contributed by atoms with van der Waals surface area (Å²) in [5.41, 5.74) is 2.08. The van der Waals surface area contributed by atoms with Crippen molar-refractivity contribution in [2.24, 2.45) is 0 Å². The zero-order chi connectivity index (χ0) is 24.1. The maximum absolute atomic E-state index is 10.5. The summed E-state index contributed by atoms with van der Waals surface area (Å²) in [6, 6.07) is 24.5. The van der Waals surface area contributed by atoms with Crippen molar-refractivity contribution in [2.45, 2.75) is 52.4 Å². The lowest BCUT2D eigenvalue weighted by Crippen LogP contribution is -2.17. The fourth-order valence-corrected chi connectivity index (χ4v) is 4.82. The standard InChI is InChI=1S/C26H32O5P2/c1-25(2,3)20-17-18-24(23(19-20)26(4,5)6)30-33(29-22-15-11-8-12-16-22)31-32(27)28-21-13-9-7-10-14-21/h7-19,27H,1-6H3. The number of hydrogen-bond donors (Lipinski definition) is 1. The van der Waals surface area contributed by atoms with Crippen LogP contribution in [-0.2, 0) is 15.1 Å². The molecule has 0 amide bonds. The van der Waals surface area contributed by atoms with Gasteiger partial charge in [0.25, 0.3) is 0 Å². The Labute approximate surface area is 199 Å². The summed E-state index contributed by atoms with van der Waals surface area (Å²) in [5.74, 6) is 1.74. The molecule has 3 rings (SSSR count). The molecule has 2 unspecified atom stereocenters. The van der Waals surface area contributed by atoms with E-state index in [0.29, 0.717) is 17.2 Å². The smallest absolute Gasteiger partial charge is 0.427 e. The molecule has 3 aromatic rings. The highest BCUT2D eigenvalue weighted by atomic mass is 31.2. The molecule has 0 heterocycles. The molecule has 0 saturated carbocycles. The van der Waals surface area contributed by atoms with Gasteiger partial charge >= 0.3 is 17.2 Å². The first-order valence-electron chi connectivity index (χ1n) is 10.8. The van der Waals surface area contributed by atoms with Gasteiger partial charge in [0, 0.05) is 5.56 Å². The second-order valence-electron chi connectivity index (χ2n) is 9.65. The molecule has 0 radical (unpaired) electrons. The van der Waals surface area contributed by atoms with Crippen LogP contribution in [0.2, 0.25) is 0 Å². The van der Waals surface area contributed by atoms with Crippen molar-refractivity contribution in [1.82, 2.24) is 0 Å². The Bertz CT molecular complexity index is 1010. The van der Waals surface area contributed by atoms with Crippen LogP contribution in [0.4, 0.5) is 0 Å².